The van der Waals surface area contributed by atoms with E-state index >= 15 is 0 Å². The number of likely N-dealkylation sites (tertiary alicyclic amines) is 1. The molecule has 1 aromatic carbocycles. The lowest BCUT2D eigenvalue weighted by Gasteiger charge is -2.39. The summed E-state index contributed by atoms with van der Waals surface area (Å²) in [6.07, 6.45) is 5.01. The molecule has 0 spiro atoms. The van der Waals surface area contributed by atoms with Crippen molar-refractivity contribution in [3.8, 4) is 0 Å². The summed E-state index contributed by atoms with van der Waals surface area (Å²) in [5.41, 5.74) is 1.00. The molecule has 0 radical (unpaired) electrons. The molecule has 0 aliphatic carbocycles. The van der Waals surface area contributed by atoms with E-state index in [1.807, 2.05) is 46.4 Å². The Morgan fingerprint density at radius 3 is 1.95 bits per heavy atom. The van der Waals surface area contributed by atoms with E-state index in [2.05, 4.69) is 16.8 Å². The van der Waals surface area contributed by atoms with Crippen molar-refractivity contribution in [2.45, 2.75) is 93.9 Å². The van der Waals surface area contributed by atoms with Gasteiger partial charge in [0.15, 0.2) is 11.6 Å². The summed E-state index contributed by atoms with van der Waals surface area (Å²) in [6, 6.07) is 2.88. The minimum atomic E-state index is -0.407. The fourth-order valence-corrected chi connectivity index (χ4v) is 5.29. The van der Waals surface area contributed by atoms with Crippen LogP contribution in [0.15, 0.2) is 12.1 Å². The van der Waals surface area contributed by atoms with Crippen molar-refractivity contribution < 1.29 is 23.6 Å². The van der Waals surface area contributed by atoms with Crippen molar-refractivity contribution in [2.75, 3.05) is 57.8 Å². The van der Waals surface area contributed by atoms with E-state index in [0.29, 0.717) is 36.9 Å². The molecule has 2 aliphatic rings. The van der Waals surface area contributed by atoms with Crippen LogP contribution in [0.4, 0.5) is 10.1 Å². The van der Waals surface area contributed by atoms with Crippen molar-refractivity contribution in [3.05, 3.63) is 29.1 Å². The average molecular weight is 604 g/mol. The number of carbonyl (C=O) groups is 4. The quantitative estimate of drug-likeness (QED) is 0.246. The van der Waals surface area contributed by atoms with Gasteiger partial charge in [0, 0.05) is 68.5 Å². The molecule has 244 valence electrons. The first-order valence-electron chi connectivity index (χ1n) is 16.4. The van der Waals surface area contributed by atoms with Crippen LogP contribution in [0.3, 0.4) is 0 Å². The number of hydrogen-bond donors (Lipinski definition) is 0. The number of hydrogen-bond acceptors (Lipinski definition) is 7. The molecule has 2 atom stereocenters. The normalized spacial score (nSPS) is 17.6. The van der Waals surface area contributed by atoms with Gasteiger partial charge in [-0.1, -0.05) is 41.5 Å². The second-order valence-corrected chi connectivity index (χ2v) is 12.1. The number of benzene rings is 1. The predicted molar refractivity (Wildman–Crippen MR) is 175 cm³/mol. The number of carbonyl (C=O) groups excluding carboxylic acids is 4. The maximum Gasteiger partial charge on any atom is 0.166 e. The fraction of sp³-hybridized carbons (Fsp3) is 0.714. The van der Waals surface area contributed by atoms with E-state index in [1.165, 1.54) is 38.9 Å². The zero-order valence-electron chi connectivity index (χ0n) is 28.4. The summed E-state index contributed by atoms with van der Waals surface area (Å²) in [5, 5.41) is 0. The van der Waals surface area contributed by atoms with Crippen LogP contribution >= 0.6 is 0 Å². The molecule has 1 aromatic rings. The standard InChI is InChI=1S/C24H36FN3O2.C9H16O2.C2H6/c1-5-17(2)24(30)21-14-22(25)23(15-20(21)18(3)29)28-12-10-27(11-13-28)16-19-6-8-26(4)9-7-19;1-4-9(11)6-5-7(2)8(3)10;1-2/h14-15,17,19H,5-13,16H2,1-4H3;7H,4-6H2,1-3H3;1-2H3. The van der Waals surface area contributed by atoms with Crippen molar-refractivity contribution >= 4 is 28.8 Å². The van der Waals surface area contributed by atoms with Crippen molar-refractivity contribution in [2.24, 2.45) is 17.8 Å². The number of piperazine rings is 1. The average Bonchev–Trinajstić information content (AvgIpc) is 3.01. The van der Waals surface area contributed by atoms with Gasteiger partial charge in [0.2, 0.25) is 0 Å². The molecular formula is C35H58FN3O4. The Bertz CT molecular complexity index is 1040. The largest absolute Gasteiger partial charge is 0.367 e. The lowest BCUT2D eigenvalue weighted by Crippen LogP contribution is -2.49. The monoisotopic (exact) mass is 603 g/mol. The van der Waals surface area contributed by atoms with Crippen LogP contribution in [0.25, 0.3) is 0 Å². The molecule has 0 aromatic heterocycles. The molecule has 43 heavy (non-hydrogen) atoms. The summed E-state index contributed by atoms with van der Waals surface area (Å²) >= 11 is 0. The second-order valence-electron chi connectivity index (χ2n) is 12.1. The van der Waals surface area contributed by atoms with Crippen LogP contribution in [-0.4, -0.2) is 85.8 Å². The van der Waals surface area contributed by atoms with E-state index in [-0.39, 0.29) is 40.5 Å². The van der Waals surface area contributed by atoms with Crippen LogP contribution < -0.4 is 4.90 Å². The smallest absolute Gasteiger partial charge is 0.166 e. The number of ketones is 4. The van der Waals surface area contributed by atoms with Gasteiger partial charge in [0.25, 0.3) is 0 Å². The molecule has 2 unspecified atom stereocenters. The van der Waals surface area contributed by atoms with Crippen LogP contribution in [0, 0.1) is 23.6 Å². The first-order chi connectivity index (χ1) is 20.4. The SMILES string of the molecule is CC.CCC(=O)CCC(C)C(C)=O.CCC(C)C(=O)c1cc(F)c(N2CCN(CC3CCN(C)CC3)CC2)cc1C(C)=O. The molecule has 0 amide bonds. The van der Waals surface area contributed by atoms with Gasteiger partial charge >= 0.3 is 0 Å². The molecule has 3 rings (SSSR count). The van der Waals surface area contributed by atoms with Crippen molar-refractivity contribution in [1.29, 1.82) is 0 Å². The maximum absolute atomic E-state index is 15.0. The zero-order valence-corrected chi connectivity index (χ0v) is 28.4. The Hall–Kier alpha value is -2.45. The summed E-state index contributed by atoms with van der Waals surface area (Å²) in [5.74, 6) is 0.240. The number of nitrogens with zero attached hydrogens (tertiary/aromatic N) is 3. The first-order valence-corrected chi connectivity index (χ1v) is 16.4. The van der Waals surface area contributed by atoms with E-state index in [4.69, 9.17) is 0 Å². The lowest BCUT2D eigenvalue weighted by molar-refractivity contribution is -0.121. The lowest BCUT2D eigenvalue weighted by atomic mass is 9.91. The molecule has 2 aliphatic heterocycles. The summed E-state index contributed by atoms with van der Waals surface area (Å²) in [7, 11) is 2.18. The third-order valence-corrected chi connectivity index (χ3v) is 8.80. The highest BCUT2D eigenvalue weighted by Crippen LogP contribution is 2.28. The van der Waals surface area contributed by atoms with E-state index in [0.717, 1.165) is 38.6 Å². The third kappa shape index (κ3) is 12.6. The molecule has 0 N–H and O–H groups in total. The number of Topliss-reactive ketones (excluding diaryl/α,β-unsaturated/α-hetero) is 4. The molecule has 0 saturated carbocycles. The van der Waals surface area contributed by atoms with Crippen LogP contribution in [0.2, 0.25) is 0 Å². The zero-order chi connectivity index (χ0) is 32.7. The van der Waals surface area contributed by atoms with Crippen molar-refractivity contribution in [1.82, 2.24) is 9.80 Å². The summed E-state index contributed by atoms with van der Waals surface area (Å²) < 4.78 is 15.0. The topological polar surface area (TPSA) is 78.0 Å². The number of piperidine rings is 1. The summed E-state index contributed by atoms with van der Waals surface area (Å²) in [4.78, 5) is 53.3. The van der Waals surface area contributed by atoms with Crippen molar-refractivity contribution in [3.63, 3.8) is 0 Å². The van der Waals surface area contributed by atoms with Crippen LogP contribution in [0.1, 0.15) is 115 Å². The van der Waals surface area contributed by atoms with E-state index in [9.17, 15) is 23.6 Å². The molecule has 2 saturated heterocycles. The number of rotatable bonds is 12. The Balaban J connectivity index is 0.000000602. The highest BCUT2D eigenvalue weighted by Gasteiger charge is 2.27. The van der Waals surface area contributed by atoms with Crippen LogP contribution in [-0.2, 0) is 9.59 Å². The van der Waals surface area contributed by atoms with Gasteiger partial charge in [-0.15, -0.1) is 0 Å². The molecule has 8 heteroatoms. The van der Waals surface area contributed by atoms with Gasteiger partial charge in [0.05, 0.1) is 5.69 Å². The van der Waals surface area contributed by atoms with Gasteiger partial charge in [-0.25, -0.2) is 4.39 Å². The van der Waals surface area contributed by atoms with Gasteiger partial charge < -0.3 is 9.80 Å². The molecule has 2 fully saturated rings. The molecule has 2 heterocycles. The van der Waals surface area contributed by atoms with E-state index < -0.39 is 5.82 Å². The molecule has 7 nitrogen and oxygen atoms in total. The molecular weight excluding hydrogens is 545 g/mol. The van der Waals surface area contributed by atoms with Gasteiger partial charge in [0.1, 0.15) is 17.4 Å². The number of anilines is 1. The van der Waals surface area contributed by atoms with Crippen LogP contribution in [0.5, 0.6) is 0 Å². The Morgan fingerprint density at radius 2 is 1.47 bits per heavy atom. The fourth-order valence-electron chi connectivity index (χ4n) is 5.29. The minimum absolute atomic E-state index is 0.0468. The Kier molecular flexibility index (Phi) is 17.7. The highest BCUT2D eigenvalue weighted by atomic mass is 19.1. The second kappa shape index (κ2) is 19.8. The first kappa shape index (κ1) is 38.6. The highest BCUT2D eigenvalue weighted by molar-refractivity contribution is 6.09. The Labute approximate surface area is 260 Å². The minimum Gasteiger partial charge on any atom is -0.367 e. The predicted octanol–water partition coefficient (Wildman–Crippen LogP) is 6.72. The van der Waals surface area contributed by atoms with Gasteiger partial charge in [-0.3, -0.25) is 24.1 Å². The summed E-state index contributed by atoms with van der Waals surface area (Å²) in [6.45, 7) is 21.2. The Morgan fingerprint density at radius 1 is 0.884 bits per heavy atom. The maximum atomic E-state index is 15.0. The third-order valence-electron chi connectivity index (χ3n) is 8.80. The van der Waals surface area contributed by atoms with Gasteiger partial charge in [-0.2, -0.15) is 0 Å². The number of halogens is 1. The van der Waals surface area contributed by atoms with E-state index in [1.54, 1.807) is 13.0 Å². The van der Waals surface area contributed by atoms with Gasteiger partial charge in [-0.05, 0) is 77.7 Å². The molecule has 0 bridgehead atoms.